The van der Waals surface area contributed by atoms with Crippen LogP contribution >= 0.6 is 0 Å². The molecule has 0 heterocycles. The second-order valence-corrected chi connectivity index (χ2v) is 5.02. The van der Waals surface area contributed by atoms with Gasteiger partial charge in [0.05, 0.1) is 12.7 Å². The van der Waals surface area contributed by atoms with E-state index in [4.69, 9.17) is 4.74 Å². The summed E-state index contributed by atoms with van der Waals surface area (Å²) in [5.41, 5.74) is 2.36. The van der Waals surface area contributed by atoms with Crippen LogP contribution in [-0.2, 0) is 16.0 Å². The highest BCUT2D eigenvalue weighted by atomic mass is 16.5. The normalized spacial score (nSPS) is 13.4. The van der Waals surface area contributed by atoms with Crippen molar-refractivity contribution in [3.63, 3.8) is 0 Å². The molecule has 20 heavy (non-hydrogen) atoms. The molecule has 0 bridgehead atoms. The minimum absolute atomic E-state index is 0.221. The lowest BCUT2D eigenvalue weighted by Crippen LogP contribution is -2.03. The van der Waals surface area contributed by atoms with Crippen LogP contribution < -0.4 is 0 Å². The summed E-state index contributed by atoms with van der Waals surface area (Å²) >= 11 is 0. The molecule has 1 atom stereocenters. The average Bonchev–Trinajstić information content (AvgIpc) is 2.44. The molecule has 1 aromatic carbocycles. The number of carbonyl (C=O) groups is 1. The molecule has 2 heteroatoms. The zero-order chi connectivity index (χ0) is 14.8. The minimum Gasteiger partial charge on any atom is -0.435 e. The van der Waals surface area contributed by atoms with Crippen molar-refractivity contribution in [3.05, 3.63) is 59.9 Å². The third-order valence-electron chi connectivity index (χ3n) is 3.28. The molecule has 0 saturated heterocycles. The maximum absolute atomic E-state index is 11.6. The molecule has 1 unspecified atom stereocenters. The molecule has 0 aliphatic heterocycles. The number of carbonyl (C=O) groups excluding carboxylic acids is 1. The zero-order valence-electron chi connectivity index (χ0n) is 12.6. The van der Waals surface area contributed by atoms with E-state index in [1.54, 1.807) is 0 Å². The van der Waals surface area contributed by atoms with Gasteiger partial charge in [-0.05, 0) is 37.3 Å². The van der Waals surface area contributed by atoms with Gasteiger partial charge in [-0.1, -0.05) is 55.8 Å². The number of ether oxygens (including phenoxy) is 1. The van der Waals surface area contributed by atoms with E-state index in [0.717, 1.165) is 18.4 Å². The topological polar surface area (TPSA) is 26.3 Å². The lowest BCUT2D eigenvalue weighted by molar-refractivity contribution is -0.137. The molecule has 1 aromatic rings. The van der Waals surface area contributed by atoms with Gasteiger partial charge in [0.1, 0.15) is 0 Å². The molecule has 0 fully saturated rings. The summed E-state index contributed by atoms with van der Waals surface area (Å²) in [5.74, 6) is 0.264. The first-order chi connectivity index (χ1) is 9.63. The molecule has 0 aromatic heterocycles. The highest BCUT2D eigenvalue weighted by Crippen LogP contribution is 2.15. The maximum Gasteiger partial charge on any atom is 0.315 e. The number of hydrogen-bond donors (Lipinski definition) is 0. The Morgan fingerprint density at radius 3 is 2.65 bits per heavy atom. The van der Waals surface area contributed by atoms with E-state index < -0.39 is 0 Å². The molecule has 0 saturated carbocycles. The number of rotatable bonds is 7. The molecule has 0 N–H and O–H groups in total. The van der Waals surface area contributed by atoms with Crippen molar-refractivity contribution in [1.29, 1.82) is 0 Å². The van der Waals surface area contributed by atoms with Crippen LogP contribution in [0.25, 0.3) is 0 Å². The molecule has 0 radical (unpaired) electrons. The van der Waals surface area contributed by atoms with Crippen molar-refractivity contribution in [2.75, 3.05) is 0 Å². The first kappa shape index (κ1) is 16.2. The van der Waals surface area contributed by atoms with E-state index in [-0.39, 0.29) is 5.97 Å². The van der Waals surface area contributed by atoms with E-state index in [9.17, 15) is 4.79 Å². The van der Waals surface area contributed by atoms with Gasteiger partial charge < -0.3 is 4.74 Å². The molecular weight excluding hydrogens is 248 g/mol. The quantitative estimate of drug-likeness (QED) is 0.409. The van der Waals surface area contributed by atoms with Crippen LogP contribution in [0.2, 0.25) is 0 Å². The Kier molecular flexibility index (Phi) is 7.41. The molecule has 0 spiro atoms. The average molecular weight is 272 g/mol. The fourth-order valence-corrected chi connectivity index (χ4v) is 1.90. The Morgan fingerprint density at radius 1 is 1.30 bits per heavy atom. The van der Waals surface area contributed by atoms with Crippen LogP contribution in [0.15, 0.2) is 54.3 Å². The zero-order valence-corrected chi connectivity index (χ0v) is 12.6. The van der Waals surface area contributed by atoms with E-state index in [2.05, 4.69) is 26.8 Å². The van der Waals surface area contributed by atoms with Gasteiger partial charge >= 0.3 is 5.97 Å². The molecule has 0 amide bonds. The van der Waals surface area contributed by atoms with Gasteiger partial charge in [0, 0.05) is 0 Å². The van der Waals surface area contributed by atoms with Crippen molar-refractivity contribution >= 4 is 5.97 Å². The number of benzene rings is 1. The Balaban J connectivity index is 2.31. The molecule has 1 rings (SSSR count). The monoisotopic (exact) mass is 272 g/mol. The number of allylic oxidation sites excluding steroid dienone is 3. The van der Waals surface area contributed by atoms with Crippen molar-refractivity contribution < 1.29 is 9.53 Å². The molecule has 108 valence electrons. The highest BCUT2D eigenvalue weighted by molar-refractivity contribution is 5.73. The van der Waals surface area contributed by atoms with Crippen LogP contribution in [0.3, 0.4) is 0 Å². The fraction of sp³-hybridized carbons (Fsp3) is 0.389. The predicted molar refractivity (Wildman–Crippen MR) is 83.2 cm³/mol. The van der Waals surface area contributed by atoms with Gasteiger partial charge in [-0.3, -0.25) is 4.79 Å². The van der Waals surface area contributed by atoms with Gasteiger partial charge in [0.25, 0.3) is 0 Å². The van der Waals surface area contributed by atoms with E-state index in [0.29, 0.717) is 12.3 Å². The summed E-state index contributed by atoms with van der Waals surface area (Å²) in [4.78, 5) is 11.6. The van der Waals surface area contributed by atoms with Crippen molar-refractivity contribution in [2.45, 2.75) is 40.0 Å². The van der Waals surface area contributed by atoms with Gasteiger partial charge in [0.2, 0.25) is 0 Å². The van der Waals surface area contributed by atoms with Crippen LogP contribution in [0.1, 0.15) is 39.2 Å². The first-order valence-corrected chi connectivity index (χ1v) is 7.18. The molecule has 0 aliphatic rings. The van der Waals surface area contributed by atoms with Gasteiger partial charge in [-0.2, -0.15) is 0 Å². The summed E-state index contributed by atoms with van der Waals surface area (Å²) in [7, 11) is 0. The molecular formula is C18H24O2. The smallest absolute Gasteiger partial charge is 0.315 e. The standard InChI is InChI=1S/C18H24O2/c1-4-9-15(2)16(3)10-8-13-20-18(19)14-17-11-6-5-7-12-17/h5-9,11-13,16H,4,10,14H2,1-3H3/b13-8+,15-9+. The Labute approximate surface area is 122 Å². The van der Waals surface area contributed by atoms with Gasteiger partial charge in [-0.15, -0.1) is 0 Å². The maximum atomic E-state index is 11.6. The first-order valence-electron chi connectivity index (χ1n) is 7.18. The fourth-order valence-electron chi connectivity index (χ4n) is 1.90. The van der Waals surface area contributed by atoms with E-state index in [1.165, 1.54) is 11.8 Å². The largest absolute Gasteiger partial charge is 0.435 e. The summed E-state index contributed by atoms with van der Waals surface area (Å²) in [6, 6.07) is 9.62. The summed E-state index contributed by atoms with van der Waals surface area (Å²) in [6.45, 7) is 6.46. The predicted octanol–water partition coefficient (Wildman–Crippen LogP) is 4.67. The lowest BCUT2D eigenvalue weighted by Gasteiger charge is -2.08. The Morgan fingerprint density at radius 2 is 2.00 bits per heavy atom. The van der Waals surface area contributed by atoms with Crippen molar-refractivity contribution in [2.24, 2.45) is 5.92 Å². The van der Waals surface area contributed by atoms with Crippen molar-refractivity contribution in [1.82, 2.24) is 0 Å². The highest BCUT2D eigenvalue weighted by Gasteiger charge is 2.03. The SMILES string of the molecule is CC/C=C(\C)C(C)C/C=C/OC(=O)Cc1ccccc1. The third kappa shape index (κ3) is 6.37. The lowest BCUT2D eigenvalue weighted by atomic mass is 9.98. The van der Waals surface area contributed by atoms with Crippen LogP contribution in [-0.4, -0.2) is 5.97 Å². The third-order valence-corrected chi connectivity index (χ3v) is 3.28. The van der Waals surface area contributed by atoms with E-state index in [1.807, 2.05) is 36.4 Å². The Bertz CT molecular complexity index is 458. The van der Waals surface area contributed by atoms with Crippen LogP contribution in [0, 0.1) is 5.92 Å². The number of esters is 1. The van der Waals surface area contributed by atoms with Crippen LogP contribution in [0.5, 0.6) is 0 Å². The summed E-state index contributed by atoms with van der Waals surface area (Å²) in [5, 5.41) is 0. The summed E-state index contributed by atoms with van der Waals surface area (Å²) < 4.78 is 5.10. The Hall–Kier alpha value is -1.83. The second kappa shape index (κ2) is 9.13. The second-order valence-electron chi connectivity index (χ2n) is 5.02. The van der Waals surface area contributed by atoms with Gasteiger partial charge in [-0.25, -0.2) is 0 Å². The van der Waals surface area contributed by atoms with E-state index >= 15 is 0 Å². The van der Waals surface area contributed by atoms with Crippen LogP contribution in [0.4, 0.5) is 0 Å². The molecule has 2 nitrogen and oxygen atoms in total. The van der Waals surface area contributed by atoms with Gasteiger partial charge in [0.15, 0.2) is 0 Å². The van der Waals surface area contributed by atoms with Crippen molar-refractivity contribution in [3.8, 4) is 0 Å². The number of hydrogen-bond acceptors (Lipinski definition) is 2. The minimum atomic E-state index is -0.221. The molecule has 0 aliphatic carbocycles. The summed E-state index contributed by atoms with van der Waals surface area (Å²) in [6.07, 6.45) is 7.93.